The molecule has 18 heavy (non-hydrogen) atoms. The molecule has 0 bridgehead atoms. The smallest absolute Gasteiger partial charge is 0.0702 e. The quantitative estimate of drug-likeness (QED) is 0.719. The summed E-state index contributed by atoms with van der Waals surface area (Å²) >= 11 is 0. The third kappa shape index (κ3) is 4.52. The summed E-state index contributed by atoms with van der Waals surface area (Å²) in [5, 5.41) is 3.69. The zero-order chi connectivity index (χ0) is 13.0. The van der Waals surface area contributed by atoms with Crippen LogP contribution in [0.4, 0.5) is 0 Å². The minimum atomic E-state index is 0.399. The standard InChI is InChI=1S/C15H30N2O/c1-4-15(2,11-16-13-7-8-13)12-17(3)10-14-6-5-9-18-14/h13-14,16H,4-12H2,1-3H3. The summed E-state index contributed by atoms with van der Waals surface area (Å²) < 4.78 is 5.72. The first-order chi connectivity index (χ1) is 8.61. The Morgan fingerprint density at radius 3 is 2.67 bits per heavy atom. The topological polar surface area (TPSA) is 24.5 Å². The lowest BCUT2D eigenvalue weighted by molar-refractivity contribution is 0.0662. The molecule has 2 rings (SSSR count). The van der Waals surface area contributed by atoms with Gasteiger partial charge in [0.1, 0.15) is 0 Å². The van der Waals surface area contributed by atoms with Gasteiger partial charge in [0.2, 0.25) is 0 Å². The van der Waals surface area contributed by atoms with Crippen molar-refractivity contribution in [3.8, 4) is 0 Å². The van der Waals surface area contributed by atoms with Crippen molar-refractivity contribution in [2.45, 2.75) is 58.1 Å². The predicted octanol–water partition coefficient (Wildman–Crippen LogP) is 2.27. The van der Waals surface area contributed by atoms with Crippen LogP contribution in [-0.2, 0) is 4.74 Å². The third-order valence-corrected chi connectivity index (χ3v) is 4.44. The maximum Gasteiger partial charge on any atom is 0.0702 e. The molecule has 1 aliphatic carbocycles. The van der Waals surface area contributed by atoms with E-state index in [1.807, 2.05) is 0 Å². The zero-order valence-corrected chi connectivity index (χ0v) is 12.4. The molecule has 0 aromatic carbocycles. The SMILES string of the molecule is CCC(C)(CNC1CC1)CN(C)CC1CCCO1. The molecule has 1 saturated heterocycles. The van der Waals surface area contributed by atoms with Crippen LogP contribution in [0.5, 0.6) is 0 Å². The Bertz CT molecular complexity index is 249. The zero-order valence-electron chi connectivity index (χ0n) is 12.4. The molecule has 1 saturated carbocycles. The molecule has 106 valence electrons. The van der Waals surface area contributed by atoms with Crippen LogP contribution < -0.4 is 5.32 Å². The number of rotatable bonds is 8. The Labute approximate surface area is 112 Å². The minimum Gasteiger partial charge on any atom is -0.377 e. The molecule has 0 radical (unpaired) electrons. The lowest BCUT2D eigenvalue weighted by Crippen LogP contribution is -2.43. The van der Waals surface area contributed by atoms with Gasteiger partial charge in [0, 0.05) is 32.3 Å². The van der Waals surface area contributed by atoms with Gasteiger partial charge in [-0.2, -0.15) is 0 Å². The lowest BCUT2D eigenvalue weighted by Gasteiger charge is -2.34. The summed E-state index contributed by atoms with van der Waals surface area (Å²) in [6.07, 6.45) is 6.97. The highest BCUT2D eigenvalue weighted by Gasteiger charge is 2.29. The van der Waals surface area contributed by atoms with E-state index in [9.17, 15) is 0 Å². The first kappa shape index (κ1) is 14.3. The van der Waals surface area contributed by atoms with Crippen LogP contribution in [0.3, 0.4) is 0 Å². The fourth-order valence-corrected chi connectivity index (χ4v) is 2.82. The normalized spacial score (nSPS) is 27.7. The fraction of sp³-hybridized carbons (Fsp3) is 1.00. The molecule has 2 unspecified atom stereocenters. The second kappa shape index (κ2) is 6.36. The monoisotopic (exact) mass is 254 g/mol. The van der Waals surface area contributed by atoms with Gasteiger partial charge in [-0.1, -0.05) is 13.8 Å². The van der Waals surface area contributed by atoms with Crippen LogP contribution >= 0.6 is 0 Å². The van der Waals surface area contributed by atoms with Crippen molar-refractivity contribution >= 4 is 0 Å². The molecule has 2 aliphatic rings. The van der Waals surface area contributed by atoms with E-state index in [1.165, 1.54) is 38.6 Å². The summed E-state index contributed by atoms with van der Waals surface area (Å²) in [7, 11) is 2.24. The third-order valence-electron chi connectivity index (χ3n) is 4.44. The van der Waals surface area contributed by atoms with Crippen molar-refractivity contribution in [2.24, 2.45) is 5.41 Å². The molecule has 0 amide bonds. The van der Waals surface area contributed by atoms with E-state index in [0.717, 1.165) is 25.7 Å². The Morgan fingerprint density at radius 2 is 2.11 bits per heavy atom. The molecule has 0 aromatic rings. The van der Waals surface area contributed by atoms with Crippen LogP contribution in [0.25, 0.3) is 0 Å². The maximum atomic E-state index is 5.72. The van der Waals surface area contributed by atoms with Crippen molar-refractivity contribution in [1.82, 2.24) is 10.2 Å². The molecule has 3 nitrogen and oxygen atoms in total. The molecule has 1 N–H and O–H groups in total. The van der Waals surface area contributed by atoms with E-state index in [2.05, 4.69) is 31.1 Å². The van der Waals surface area contributed by atoms with Crippen LogP contribution in [0.1, 0.15) is 46.0 Å². The maximum absolute atomic E-state index is 5.72. The minimum absolute atomic E-state index is 0.399. The van der Waals surface area contributed by atoms with Crippen molar-refractivity contribution in [2.75, 3.05) is 33.3 Å². The van der Waals surface area contributed by atoms with E-state index < -0.39 is 0 Å². The summed E-state index contributed by atoms with van der Waals surface area (Å²) in [6.45, 7) is 9.11. The van der Waals surface area contributed by atoms with E-state index in [-0.39, 0.29) is 0 Å². The van der Waals surface area contributed by atoms with Gasteiger partial charge >= 0.3 is 0 Å². The lowest BCUT2D eigenvalue weighted by atomic mass is 9.86. The molecule has 0 spiro atoms. The van der Waals surface area contributed by atoms with Gasteiger partial charge in [-0.25, -0.2) is 0 Å². The van der Waals surface area contributed by atoms with Gasteiger partial charge in [-0.05, 0) is 44.6 Å². The van der Waals surface area contributed by atoms with Crippen LogP contribution in [0.2, 0.25) is 0 Å². The summed E-state index contributed by atoms with van der Waals surface area (Å²) in [6, 6.07) is 0.819. The number of nitrogens with one attached hydrogen (secondary N) is 1. The fourth-order valence-electron chi connectivity index (χ4n) is 2.82. The Kier molecular flexibility index (Phi) is 5.05. The summed E-state index contributed by atoms with van der Waals surface area (Å²) in [5.74, 6) is 0. The van der Waals surface area contributed by atoms with Crippen LogP contribution in [-0.4, -0.2) is 50.3 Å². The number of ether oxygens (including phenoxy) is 1. The van der Waals surface area contributed by atoms with Gasteiger partial charge in [0.25, 0.3) is 0 Å². The molecule has 1 heterocycles. The van der Waals surface area contributed by atoms with Crippen molar-refractivity contribution < 1.29 is 4.74 Å². The van der Waals surface area contributed by atoms with Crippen molar-refractivity contribution in [1.29, 1.82) is 0 Å². The molecule has 3 heteroatoms. The average molecular weight is 254 g/mol. The van der Waals surface area contributed by atoms with Gasteiger partial charge in [0.05, 0.1) is 6.10 Å². The van der Waals surface area contributed by atoms with Crippen LogP contribution in [0, 0.1) is 5.41 Å². The molecule has 1 aliphatic heterocycles. The Hall–Kier alpha value is -0.120. The largest absolute Gasteiger partial charge is 0.377 e. The van der Waals surface area contributed by atoms with Gasteiger partial charge in [-0.15, -0.1) is 0 Å². The van der Waals surface area contributed by atoms with E-state index in [1.54, 1.807) is 0 Å². The highest BCUT2D eigenvalue weighted by Crippen LogP contribution is 2.25. The van der Waals surface area contributed by atoms with Crippen molar-refractivity contribution in [3.63, 3.8) is 0 Å². The van der Waals surface area contributed by atoms with Crippen LogP contribution in [0.15, 0.2) is 0 Å². The predicted molar refractivity (Wildman–Crippen MR) is 75.9 cm³/mol. The second-order valence-corrected chi connectivity index (χ2v) is 6.65. The van der Waals surface area contributed by atoms with Gasteiger partial charge < -0.3 is 15.0 Å². The second-order valence-electron chi connectivity index (χ2n) is 6.65. The first-order valence-corrected chi connectivity index (χ1v) is 7.65. The van der Waals surface area contributed by atoms with Crippen molar-refractivity contribution in [3.05, 3.63) is 0 Å². The summed E-state index contributed by atoms with van der Waals surface area (Å²) in [5.41, 5.74) is 0.399. The molecule has 2 atom stereocenters. The van der Waals surface area contributed by atoms with Gasteiger partial charge in [0.15, 0.2) is 0 Å². The average Bonchev–Trinajstić information content (AvgIpc) is 3.04. The molecule has 0 aromatic heterocycles. The first-order valence-electron chi connectivity index (χ1n) is 7.65. The number of nitrogens with zero attached hydrogens (tertiary/aromatic N) is 1. The van der Waals surface area contributed by atoms with E-state index in [4.69, 9.17) is 4.74 Å². The van der Waals surface area contributed by atoms with E-state index >= 15 is 0 Å². The molecule has 2 fully saturated rings. The van der Waals surface area contributed by atoms with Gasteiger partial charge in [-0.3, -0.25) is 0 Å². The summed E-state index contributed by atoms with van der Waals surface area (Å²) in [4.78, 5) is 2.47. The number of hydrogen-bond donors (Lipinski definition) is 1. The Balaban J connectivity index is 1.71. The number of hydrogen-bond acceptors (Lipinski definition) is 3. The highest BCUT2D eigenvalue weighted by atomic mass is 16.5. The molecular formula is C15H30N2O. The highest BCUT2D eigenvalue weighted by molar-refractivity contribution is 4.86. The number of likely N-dealkylation sites (N-methyl/N-ethyl adjacent to an activating group) is 1. The molecular weight excluding hydrogens is 224 g/mol. The van der Waals surface area contributed by atoms with E-state index in [0.29, 0.717) is 11.5 Å². The Morgan fingerprint density at radius 1 is 1.33 bits per heavy atom.